The van der Waals surface area contributed by atoms with E-state index in [0.717, 1.165) is 26.6 Å². The summed E-state index contributed by atoms with van der Waals surface area (Å²) in [5.74, 6) is 0. The molecule has 3 aromatic rings. The molecule has 0 fully saturated rings. The van der Waals surface area contributed by atoms with Gasteiger partial charge in [0.2, 0.25) is 0 Å². The van der Waals surface area contributed by atoms with Gasteiger partial charge in [0.25, 0.3) is 0 Å². The zero-order chi connectivity index (χ0) is 13.4. The van der Waals surface area contributed by atoms with Gasteiger partial charge in [0.15, 0.2) is 0 Å². The minimum atomic E-state index is -0.238. The third-order valence-corrected chi connectivity index (χ3v) is 3.86. The molecule has 1 heterocycles. The van der Waals surface area contributed by atoms with Crippen LogP contribution in [0.25, 0.3) is 11.0 Å². The van der Waals surface area contributed by atoms with Crippen LogP contribution in [0.2, 0.25) is 0 Å². The Morgan fingerprint density at radius 2 is 1.79 bits per heavy atom. The Labute approximate surface area is 117 Å². The average Bonchev–Trinajstić information content (AvgIpc) is 2.77. The number of fused-ring (bicyclic) bond motifs is 1. The summed E-state index contributed by atoms with van der Waals surface area (Å²) in [7, 11) is 0. The first-order valence-electron chi connectivity index (χ1n) is 5.87. The summed E-state index contributed by atoms with van der Waals surface area (Å²) in [5, 5.41) is 0. The Bertz CT molecular complexity index is 790. The van der Waals surface area contributed by atoms with Crippen molar-refractivity contribution in [1.82, 2.24) is 9.97 Å². The fourth-order valence-corrected chi connectivity index (χ4v) is 2.68. The largest absolute Gasteiger partial charge is 0.323 e. The molecule has 0 radical (unpaired) electrons. The van der Waals surface area contributed by atoms with Crippen LogP contribution in [0.1, 0.15) is 17.2 Å². The van der Waals surface area contributed by atoms with Gasteiger partial charge >= 0.3 is 5.69 Å². The Morgan fingerprint density at radius 3 is 2.58 bits per heavy atom. The molecule has 0 amide bonds. The topological polar surface area (TPSA) is 74.7 Å². The van der Waals surface area contributed by atoms with Gasteiger partial charge in [-0.1, -0.05) is 40.2 Å². The molecule has 1 atom stereocenters. The van der Waals surface area contributed by atoms with Crippen molar-refractivity contribution in [3.05, 3.63) is 68.5 Å². The second-order valence-corrected chi connectivity index (χ2v) is 5.24. The SMILES string of the molecule is NC(c1ccc2[nH]c(=O)[nH]c2c1)c1ccccc1Br. The normalized spacial score (nSPS) is 12.7. The molecule has 4 N–H and O–H groups in total. The maximum atomic E-state index is 11.2. The monoisotopic (exact) mass is 317 g/mol. The highest BCUT2D eigenvalue weighted by molar-refractivity contribution is 9.10. The Morgan fingerprint density at radius 1 is 1.05 bits per heavy atom. The number of nitrogens with two attached hydrogens (primary N) is 1. The molecule has 0 aliphatic carbocycles. The summed E-state index contributed by atoms with van der Waals surface area (Å²) in [6.45, 7) is 0. The van der Waals surface area contributed by atoms with Crippen molar-refractivity contribution in [1.29, 1.82) is 0 Å². The van der Waals surface area contributed by atoms with Gasteiger partial charge in [-0.15, -0.1) is 0 Å². The van der Waals surface area contributed by atoms with E-state index >= 15 is 0 Å². The van der Waals surface area contributed by atoms with Crippen LogP contribution >= 0.6 is 15.9 Å². The van der Waals surface area contributed by atoms with Crippen molar-refractivity contribution in [2.45, 2.75) is 6.04 Å². The molecule has 19 heavy (non-hydrogen) atoms. The number of H-pyrrole nitrogens is 2. The van der Waals surface area contributed by atoms with E-state index in [9.17, 15) is 4.79 Å². The quantitative estimate of drug-likeness (QED) is 0.679. The van der Waals surface area contributed by atoms with Crippen molar-refractivity contribution in [2.75, 3.05) is 0 Å². The molecule has 3 rings (SSSR count). The van der Waals surface area contributed by atoms with Gasteiger partial charge in [-0.25, -0.2) is 4.79 Å². The number of benzene rings is 2. The summed E-state index contributed by atoms with van der Waals surface area (Å²) in [5.41, 5.74) is 9.60. The predicted octanol–water partition coefficient (Wildman–Crippen LogP) is 2.67. The number of nitrogens with one attached hydrogen (secondary N) is 2. The molecular weight excluding hydrogens is 306 g/mol. The van der Waals surface area contributed by atoms with E-state index in [2.05, 4.69) is 25.9 Å². The van der Waals surface area contributed by atoms with Crippen molar-refractivity contribution in [3.8, 4) is 0 Å². The van der Waals surface area contributed by atoms with Gasteiger partial charge in [-0.05, 0) is 29.3 Å². The molecule has 0 bridgehead atoms. The summed E-state index contributed by atoms with van der Waals surface area (Å²) in [4.78, 5) is 16.7. The number of aromatic amines is 2. The molecule has 0 aliphatic rings. The van der Waals surface area contributed by atoms with E-state index in [1.165, 1.54) is 0 Å². The summed E-state index contributed by atoms with van der Waals surface area (Å²) in [6, 6.07) is 13.3. The fourth-order valence-electron chi connectivity index (χ4n) is 2.15. The van der Waals surface area contributed by atoms with Crippen LogP contribution in [-0.2, 0) is 0 Å². The van der Waals surface area contributed by atoms with E-state index in [4.69, 9.17) is 5.73 Å². The number of rotatable bonds is 2. The highest BCUT2D eigenvalue weighted by Crippen LogP contribution is 2.27. The van der Waals surface area contributed by atoms with Crippen LogP contribution in [0.15, 0.2) is 51.7 Å². The van der Waals surface area contributed by atoms with Crippen LogP contribution in [0.5, 0.6) is 0 Å². The van der Waals surface area contributed by atoms with Gasteiger partial charge < -0.3 is 15.7 Å². The Hall–Kier alpha value is -1.85. The van der Waals surface area contributed by atoms with Crippen LogP contribution in [0, 0.1) is 0 Å². The molecule has 1 aromatic heterocycles. The second-order valence-electron chi connectivity index (χ2n) is 4.38. The molecular formula is C14H12BrN3O. The Kier molecular flexibility index (Phi) is 3.00. The third-order valence-electron chi connectivity index (χ3n) is 3.14. The highest BCUT2D eigenvalue weighted by Gasteiger charge is 2.12. The van der Waals surface area contributed by atoms with Gasteiger partial charge in [0, 0.05) is 4.47 Å². The third kappa shape index (κ3) is 2.22. The first kappa shape index (κ1) is 12.2. The molecule has 0 aliphatic heterocycles. The van der Waals surface area contributed by atoms with Gasteiger partial charge in [-0.3, -0.25) is 0 Å². The van der Waals surface area contributed by atoms with Crippen molar-refractivity contribution in [2.24, 2.45) is 5.73 Å². The molecule has 1 unspecified atom stereocenters. The number of aromatic nitrogens is 2. The first-order valence-corrected chi connectivity index (χ1v) is 6.66. The van der Waals surface area contributed by atoms with Crippen molar-refractivity contribution >= 4 is 27.0 Å². The number of halogens is 1. The number of hydrogen-bond donors (Lipinski definition) is 3. The lowest BCUT2D eigenvalue weighted by Gasteiger charge is -2.14. The van der Waals surface area contributed by atoms with Gasteiger partial charge in [0.1, 0.15) is 0 Å². The maximum absolute atomic E-state index is 11.2. The van der Waals surface area contributed by atoms with E-state index < -0.39 is 0 Å². The smallest absolute Gasteiger partial charge is 0.320 e. The second kappa shape index (κ2) is 4.68. The van der Waals surface area contributed by atoms with Crippen LogP contribution in [-0.4, -0.2) is 9.97 Å². The van der Waals surface area contributed by atoms with E-state index in [0.29, 0.717) is 0 Å². The minimum Gasteiger partial charge on any atom is -0.320 e. The number of imidazole rings is 1. The van der Waals surface area contributed by atoms with Gasteiger partial charge in [-0.2, -0.15) is 0 Å². The summed E-state index contributed by atoms with van der Waals surface area (Å²) >= 11 is 3.50. The molecule has 0 saturated carbocycles. The summed E-state index contributed by atoms with van der Waals surface area (Å²) in [6.07, 6.45) is 0. The van der Waals surface area contributed by atoms with Crippen molar-refractivity contribution < 1.29 is 0 Å². The highest BCUT2D eigenvalue weighted by atomic mass is 79.9. The minimum absolute atomic E-state index is 0.207. The van der Waals surface area contributed by atoms with E-state index in [-0.39, 0.29) is 11.7 Å². The molecule has 5 heteroatoms. The fraction of sp³-hybridized carbons (Fsp3) is 0.0714. The first-order chi connectivity index (χ1) is 9.15. The van der Waals surface area contributed by atoms with Crippen LogP contribution < -0.4 is 11.4 Å². The lowest BCUT2D eigenvalue weighted by molar-refractivity contribution is 0.867. The average molecular weight is 318 g/mol. The molecule has 0 spiro atoms. The Balaban J connectivity index is 2.08. The zero-order valence-electron chi connectivity index (χ0n) is 9.98. The van der Waals surface area contributed by atoms with Crippen LogP contribution in [0.4, 0.5) is 0 Å². The molecule has 4 nitrogen and oxygen atoms in total. The lowest BCUT2D eigenvalue weighted by atomic mass is 9.99. The zero-order valence-corrected chi connectivity index (χ0v) is 11.6. The molecule has 96 valence electrons. The molecule has 2 aromatic carbocycles. The predicted molar refractivity (Wildman–Crippen MR) is 79.1 cm³/mol. The molecule has 0 saturated heterocycles. The summed E-state index contributed by atoms with van der Waals surface area (Å²) < 4.78 is 0.977. The van der Waals surface area contributed by atoms with Crippen molar-refractivity contribution in [3.63, 3.8) is 0 Å². The van der Waals surface area contributed by atoms with E-state index in [1.54, 1.807) is 0 Å². The van der Waals surface area contributed by atoms with Gasteiger partial charge in [0.05, 0.1) is 17.1 Å². The standard InChI is InChI=1S/C14H12BrN3O/c15-10-4-2-1-3-9(10)13(16)8-5-6-11-12(7-8)18-14(19)17-11/h1-7,13H,16H2,(H2,17,18,19). The van der Waals surface area contributed by atoms with E-state index in [1.807, 2.05) is 42.5 Å². The maximum Gasteiger partial charge on any atom is 0.323 e. The lowest BCUT2D eigenvalue weighted by Crippen LogP contribution is -2.12. The number of hydrogen-bond acceptors (Lipinski definition) is 2. The van der Waals surface area contributed by atoms with Crippen LogP contribution in [0.3, 0.4) is 0 Å².